The van der Waals surface area contributed by atoms with Crippen LogP contribution >= 0.6 is 0 Å². The highest BCUT2D eigenvalue weighted by atomic mass is 15.3. The summed E-state index contributed by atoms with van der Waals surface area (Å²) in [6.45, 7) is 5.47. The number of nitrogens with zero attached hydrogens (tertiary/aromatic N) is 2. The van der Waals surface area contributed by atoms with Crippen LogP contribution in [0.2, 0.25) is 0 Å². The molecule has 2 rings (SSSR count). The van der Waals surface area contributed by atoms with Crippen molar-refractivity contribution in [2.24, 2.45) is 0 Å². The molecule has 21 heavy (non-hydrogen) atoms. The number of rotatable bonds is 9. The van der Waals surface area contributed by atoms with E-state index in [0.717, 1.165) is 6.54 Å². The van der Waals surface area contributed by atoms with E-state index >= 15 is 0 Å². The maximum atomic E-state index is 4.80. The van der Waals surface area contributed by atoms with Crippen molar-refractivity contribution in [2.45, 2.75) is 96.7 Å². The largest absolute Gasteiger partial charge is 0.308 e. The number of unbranched alkanes of at least 4 members (excludes halogenated alkanes) is 1. The minimum Gasteiger partial charge on any atom is -0.308 e. The molecule has 0 spiro atoms. The molecule has 1 aromatic rings. The molecule has 1 heterocycles. The van der Waals surface area contributed by atoms with Crippen LogP contribution in [0.4, 0.5) is 0 Å². The molecule has 0 aliphatic heterocycles. The molecule has 120 valence electrons. The lowest BCUT2D eigenvalue weighted by Gasteiger charge is -2.22. The van der Waals surface area contributed by atoms with E-state index in [1.165, 1.54) is 69.9 Å². The van der Waals surface area contributed by atoms with E-state index in [-0.39, 0.29) is 0 Å². The first-order valence-corrected chi connectivity index (χ1v) is 9.11. The van der Waals surface area contributed by atoms with Crippen LogP contribution in [0.5, 0.6) is 0 Å². The van der Waals surface area contributed by atoms with Gasteiger partial charge in [-0.1, -0.05) is 52.4 Å². The Balaban J connectivity index is 1.80. The molecular formula is C18H33N3. The Morgan fingerprint density at radius 1 is 1.19 bits per heavy atom. The molecule has 1 aromatic heterocycles. The molecule has 0 saturated heterocycles. The quantitative estimate of drug-likeness (QED) is 0.705. The third kappa shape index (κ3) is 5.46. The first-order valence-electron chi connectivity index (χ1n) is 9.11. The van der Waals surface area contributed by atoms with Gasteiger partial charge >= 0.3 is 0 Å². The summed E-state index contributed by atoms with van der Waals surface area (Å²) >= 11 is 0. The Hall–Kier alpha value is -0.830. The summed E-state index contributed by atoms with van der Waals surface area (Å²) in [5.74, 6) is 0. The first-order chi connectivity index (χ1) is 10.3. The van der Waals surface area contributed by atoms with Crippen LogP contribution in [0.1, 0.15) is 89.8 Å². The Labute approximate surface area is 130 Å². The van der Waals surface area contributed by atoms with E-state index in [1.807, 2.05) is 0 Å². The lowest BCUT2D eigenvalue weighted by molar-refractivity contribution is 0.327. The Bertz CT molecular complexity index is 380. The van der Waals surface area contributed by atoms with E-state index in [2.05, 4.69) is 36.1 Å². The van der Waals surface area contributed by atoms with Gasteiger partial charge in [0.15, 0.2) is 0 Å². The molecule has 3 nitrogen and oxygen atoms in total. The molecule has 1 aliphatic rings. The monoisotopic (exact) mass is 291 g/mol. The Morgan fingerprint density at radius 3 is 2.71 bits per heavy atom. The van der Waals surface area contributed by atoms with E-state index in [0.29, 0.717) is 12.1 Å². The molecule has 1 fully saturated rings. The highest BCUT2D eigenvalue weighted by Gasteiger charge is 2.16. The lowest BCUT2D eigenvalue weighted by atomic mass is 9.96. The van der Waals surface area contributed by atoms with E-state index < -0.39 is 0 Å². The summed E-state index contributed by atoms with van der Waals surface area (Å²) < 4.78 is 2.22. The summed E-state index contributed by atoms with van der Waals surface area (Å²) in [4.78, 5) is 0. The maximum Gasteiger partial charge on any atom is 0.0762 e. The van der Waals surface area contributed by atoms with E-state index in [4.69, 9.17) is 5.10 Å². The highest BCUT2D eigenvalue weighted by Crippen LogP contribution is 2.27. The summed E-state index contributed by atoms with van der Waals surface area (Å²) in [5.41, 5.74) is 1.21. The van der Waals surface area contributed by atoms with E-state index in [1.54, 1.807) is 0 Å². The van der Waals surface area contributed by atoms with Crippen LogP contribution < -0.4 is 5.32 Å². The predicted molar refractivity (Wildman–Crippen MR) is 89.4 cm³/mol. The average molecular weight is 291 g/mol. The zero-order valence-electron chi connectivity index (χ0n) is 14.0. The maximum absolute atomic E-state index is 4.80. The van der Waals surface area contributed by atoms with Crippen LogP contribution in [0.3, 0.4) is 0 Å². The zero-order valence-corrected chi connectivity index (χ0v) is 14.0. The van der Waals surface area contributed by atoms with Crippen molar-refractivity contribution in [3.8, 4) is 0 Å². The number of hydrogen-bond acceptors (Lipinski definition) is 2. The molecule has 0 amide bonds. The van der Waals surface area contributed by atoms with Gasteiger partial charge in [0.05, 0.1) is 11.7 Å². The first kappa shape index (κ1) is 16.5. The molecule has 0 bridgehead atoms. The summed E-state index contributed by atoms with van der Waals surface area (Å²) in [6, 6.07) is 3.51. The van der Waals surface area contributed by atoms with Crippen molar-refractivity contribution in [1.29, 1.82) is 0 Å². The standard InChI is InChI=1S/C18H33N3/c1-3-5-10-16(9-4-2)19-15-17-13-14-21(20-17)18-11-7-6-8-12-18/h13-14,16,18-19H,3-12,15H2,1-2H3. The molecule has 1 unspecified atom stereocenters. The molecule has 1 aliphatic carbocycles. The molecule has 0 aromatic carbocycles. The van der Waals surface area contributed by atoms with Crippen molar-refractivity contribution in [2.75, 3.05) is 0 Å². The van der Waals surface area contributed by atoms with Crippen LogP contribution in [-0.2, 0) is 6.54 Å². The minimum absolute atomic E-state index is 0.652. The lowest BCUT2D eigenvalue weighted by Crippen LogP contribution is -2.28. The van der Waals surface area contributed by atoms with E-state index in [9.17, 15) is 0 Å². The zero-order chi connectivity index (χ0) is 14.9. The van der Waals surface area contributed by atoms with Crippen molar-refractivity contribution in [3.63, 3.8) is 0 Å². The van der Waals surface area contributed by atoms with Crippen molar-refractivity contribution >= 4 is 0 Å². The summed E-state index contributed by atoms with van der Waals surface area (Å²) in [6.07, 6.45) is 15.4. The SMILES string of the molecule is CCCCC(CCC)NCc1ccn(C2CCCCC2)n1. The Morgan fingerprint density at radius 2 is 2.00 bits per heavy atom. The molecule has 0 radical (unpaired) electrons. The molecule has 3 heteroatoms. The number of hydrogen-bond donors (Lipinski definition) is 1. The third-order valence-corrected chi connectivity index (χ3v) is 4.73. The van der Waals surface area contributed by atoms with Gasteiger partial charge in [0.2, 0.25) is 0 Å². The minimum atomic E-state index is 0.652. The van der Waals surface area contributed by atoms with Gasteiger partial charge in [0, 0.05) is 18.8 Å². The topological polar surface area (TPSA) is 29.9 Å². The van der Waals surface area contributed by atoms with Crippen molar-refractivity contribution in [1.82, 2.24) is 15.1 Å². The third-order valence-electron chi connectivity index (χ3n) is 4.73. The van der Waals surface area contributed by atoms with Crippen LogP contribution in [0.15, 0.2) is 12.3 Å². The molecule has 1 atom stereocenters. The fourth-order valence-corrected chi connectivity index (χ4v) is 3.42. The highest BCUT2D eigenvalue weighted by molar-refractivity contribution is 5.00. The normalized spacial score (nSPS) is 18.0. The van der Waals surface area contributed by atoms with Crippen molar-refractivity contribution < 1.29 is 0 Å². The predicted octanol–water partition coefficient (Wildman–Crippen LogP) is 4.84. The molecular weight excluding hydrogens is 258 g/mol. The molecule has 1 saturated carbocycles. The average Bonchev–Trinajstić information content (AvgIpc) is 3.00. The second-order valence-electron chi connectivity index (χ2n) is 6.59. The van der Waals surface area contributed by atoms with Gasteiger partial charge in [-0.25, -0.2) is 0 Å². The smallest absolute Gasteiger partial charge is 0.0762 e. The van der Waals surface area contributed by atoms with Gasteiger partial charge in [-0.2, -0.15) is 5.10 Å². The Kier molecular flexibility index (Phi) is 7.28. The molecule has 1 N–H and O–H groups in total. The second-order valence-corrected chi connectivity index (χ2v) is 6.59. The second kappa shape index (κ2) is 9.24. The van der Waals surface area contributed by atoms with Gasteiger partial charge in [0.25, 0.3) is 0 Å². The number of aromatic nitrogens is 2. The van der Waals surface area contributed by atoms with Crippen LogP contribution in [0.25, 0.3) is 0 Å². The van der Waals surface area contributed by atoms with Gasteiger partial charge < -0.3 is 5.32 Å². The fourth-order valence-electron chi connectivity index (χ4n) is 3.42. The van der Waals surface area contributed by atoms with Gasteiger partial charge in [-0.05, 0) is 31.7 Å². The van der Waals surface area contributed by atoms with Gasteiger partial charge in [-0.3, -0.25) is 4.68 Å². The van der Waals surface area contributed by atoms with Crippen LogP contribution in [-0.4, -0.2) is 15.8 Å². The fraction of sp³-hybridized carbons (Fsp3) is 0.833. The van der Waals surface area contributed by atoms with Crippen LogP contribution in [0, 0.1) is 0 Å². The van der Waals surface area contributed by atoms with Gasteiger partial charge in [-0.15, -0.1) is 0 Å². The summed E-state index contributed by atoms with van der Waals surface area (Å²) in [5, 5.41) is 8.51. The number of nitrogens with one attached hydrogen (secondary N) is 1. The van der Waals surface area contributed by atoms with Crippen molar-refractivity contribution in [3.05, 3.63) is 18.0 Å². The van der Waals surface area contributed by atoms with Gasteiger partial charge in [0.1, 0.15) is 0 Å². The summed E-state index contributed by atoms with van der Waals surface area (Å²) in [7, 11) is 0.